The summed E-state index contributed by atoms with van der Waals surface area (Å²) in [7, 11) is 0. The zero-order valence-corrected chi connectivity index (χ0v) is 12.5. The number of nitrogens with one attached hydrogen (secondary N) is 1. The fourth-order valence-electron chi connectivity index (χ4n) is 3.11. The van der Waals surface area contributed by atoms with Gasteiger partial charge in [-0.1, -0.05) is 24.3 Å². The Bertz CT molecular complexity index is 961. The van der Waals surface area contributed by atoms with Gasteiger partial charge in [-0.3, -0.25) is 14.6 Å². The van der Waals surface area contributed by atoms with Crippen LogP contribution in [0.25, 0.3) is 10.9 Å². The molecule has 4 rings (SSSR count). The van der Waals surface area contributed by atoms with Crippen LogP contribution < -0.4 is 10.9 Å². The van der Waals surface area contributed by atoms with Crippen LogP contribution in [0.5, 0.6) is 0 Å². The largest absolute Gasteiger partial charge is 0.348 e. The van der Waals surface area contributed by atoms with Crippen molar-refractivity contribution in [3.05, 3.63) is 75.8 Å². The average Bonchev–Trinajstić information content (AvgIpc) is 3.03. The number of rotatable bonds is 3. The molecule has 0 fully saturated rings. The Labute approximate surface area is 132 Å². The molecule has 2 aromatic heterocycles. The third-order valence-electron chi connectivity index (χ3n) is 4.22. The van der Waals surface area contributed by atoms with Gasteiger partial charge in [0.2, 0.25) is 0 Å². The third-order valence-corrected chi connectivity index (χ3v) is 4.22. The highest BCUT2D eigenvalue weighted by molar-refractivity contribution is 5.98. The molecular weight excluding hydrogens is 290 g/mol. The minimum atomic E-state index is -0.346. The Kier molecular flexibility index (Phi) is 3.19. The first-order valence-electron chi connectivity index (χ1n) is 7.56. The summed E-state index contributed by atoms with van der Waals surface area (Å²) in [5, 5.41) is 3.73. The topological polar surface area (TPSA) is 64.0 Å². The molecule has 0 unspecified atom stereocenters. The second-order valence-corrected chi connectivity index (χ2v) is 5.66. The molecule has 1 aliphatic heterocycles. The summed E-state index contributed by atoms with van der Waals surface area (Å²) in [5.74, 6) is -0.346. The van der Waals surface area contributed by atoms with Crippen molar-refractivity contribution in [3.63, 3.8) is 0 Å². The minimum Gasteiger partial charge on any atom is -0.348 e. The van der Waals surface area contributed by atoms with Crippen molar-refractivity contribution in [3.8, 4) is 0 Å². The molecule has 5 nitrogen and oxygen atoms in total. The fraction of sp³-hybridized carbons (Fsp3) is 0.167. The smallest absolute Gasteiger partial charge is 0.263 e. The number of carbonyl (C=O) groups is 1. The number of nitrogens with zero attached hydrogens (tertiary/aromatic N) is 2. The van der Waals surface area contributed by atoms with Crippen LogP contribution in [0.2, 0.25) is 0 Å². The van der Waals surface area contributed by atoms with Crippen molar-refractivity contribution in [1.82, 2.24) is 14.9 Å². The number of hydrogen-bond donors (Lipinski definition) is 1. The normalized spacial score (nSPS) is 12.5. The summed E-state index contributed by atoms with van der Waals surface area (Å²) in [6.45, 7) is 0.989. The highest BCUT2D eigenvalue weighted by atomic mass is 16.2. The van der Waals surface area contributed by atoms with Crippen molar-refractivity contribution < 1.29 is 4.79 Å². The van der Waals surface area contributed by atoms with Gasteiger partial charge in [0.15, 0.2) is 0 Å². The molecule has 0 radical (unpaired) electrons. The molecule has 1 amide bonds. The Morgan fingerprint density at radius 2 is 2.17 bits per heavy atom. The number of carbonyl (C=O) groups excluding carboxylic acids is 1. The molecule has 0 bridgehead atoms. The predicted octanol–water partition coefficient (Wildman–Crippen LogP) is 1.88. The van der Waals surface area contributed by atoms with Gasteiger partial charge in [-0.2, -0.15) is 0 Å². The third kappa shape index (κ3) is 2.30. The van der Waals surface area contributed by atoms with Gasteiger partial charge >= 0.3 is 0 Å². The molecule has 3 aromatic rings. The van der Waals surface area contributed by atoms with Gasteiger partial charge in [0, 0.05) is 25.5 Å². The lowest BCUT2D eigenvalue weighted by Gasteiger charge is -2.09. The highest BCUT2D eigenvalue weighted by Gasteiger charge is 2.20. The summed E-state index contributed by atoms with van der Waals surface area (Å²) in [6, 6.07) is 11.3. The molecule has 0 saturated carbocycles. The fourth-order valence-corrected chi connectivity index (χ4v) is 3.11. The molecule has 0 aliphatic carbocycles. The van der Waals surface area contributed by atoms with Gasteiger partial charge in [0.25, 0.3) is 11.5 Å². The van der Waals surface area contributed by atoms with Gasteiger partial charge in [0.05, 0.1) is 5.52 Å². The molecule has 0 spiro atoms. The summed E-state index contributed by atoms with van der Waals surface area (Å²) in [5.41, 5.74) is 3.00. The van der Waals surface area contributed by atoms with Crippen molar-refractivity contribution in [2.24, 2.45) is 0 Å². The molecule has 1 aliphatic rings. The maximum atomic E-state index is 12.6. The van der Waals surface area contributed by atoms with Crippen LogP contribution in [-0.2, 0) is 19.5 Å². The number of pyridine rings is 2. The number of hydrogen-bond acceptors (Lipinski definition) is 3. The van der Waals surface area contributed by atoms with Crippen LogP contribution in [0, 0.1) is 0 Å². The Morgan fingerprint density at radius 1 is 1.26 bits per heavy atom. The second kappa shape index (κ2) is 5.35. The number of aryl methyl sites for hydroxylation is 2. The van der Waals surface area contributed by atoms with E-state index in [1.807, 2.05) is 30.3 Å². The van der Waals surface area contributed by atoms with Gasteiger partial charge in [-0.05, 0) is 35.1 Å². The monoisotopic (exact) mass is 305 g/mol. The van der Waals surface area contributed by atoms with Crippen LogP contribution in [0.15, 0.2) is 53.6 Å². The maximum absolute atomic E-state index is 12.6. The van der Waals surface area contributed by atoms with E-state index in [1.165, 1.54) is 5.56 Å². The Morgan fingerprint density at radius 3 is 3.00 bits per heavy atom. The summed E-state index contributed by atoms with van der Waals surface area (Å²) >= 11 is 0. The molecule has 0 atom stereocenters. The van der Waals surface area contributed by atoms with Crippen molar-refractivity contribution in [2.45, 2.75) is 19.5 Å². The average molecular weight is 305 g/mol. The highest BCUT2D eigenvalue weighted by Crippen LogP contribution is 2.24. The minimum absolute atomic E-state index is 0.195. The van der Waals surface area contributed by atoms with E-state index in [-0.39, 0.29) is 17.0 Å². The van der Waals surface area contributed by atoms with Gasteiger partial charge < -0.3 is 9.88 Å². The van der Waals surface area contributed by atoms with Gasteiger partial charge in [-0.25, -0.2) is 0 Å². The van der Waals surface area contributed by atoms with Gasteiger partial charge in [-0.15, -0.1) is 0 Å². The molecule has 23 heavy (non-hydrogen) atoms. The van der Waals surface area contributed by atoms with Crippen molar-refractivity contribution in [2.75, 3.05) is 0 Å². The lowest BCUT2D eigenvalue weighted by molar-refractivity contribution is 0.0949. The van der Waals surface area contributed by atoms with Gasteiger partial charge in [0.1, 0.15) is 5.56 Å². The molecule has 1 N–H and O–H groups in total. The van der Waals surface area contributed by atoms with Crippen LogP contribution in [0.1, 0.15) is 21.5 Å². The SMILES string of the molecule is O=C(NCc1cccnc1)c1cc2cccc3c2n(c1=O)CC3. The summed E-state index contributed by atoms with van der Waals surface area (Å²) in [6.07, 6.45) is 4.22. The van der Waals surface area contributed by atoms with E-state index in [1.54, 1.807) is 23.0 Å². The first kappa shape index (κ1) is 13.7. The Balaban J connectivity index is 1.69. The molecule has 0 saturated heterocycles. The van der Waals surface area contributed by atoms with Crippen molar-refractivity contribution >= 4 is 16.8 Å². The van der Waals surface area contributed by atoms with Crippen LogP contribution in [-0.4, -0.2) is 15.5 Å². The quantitative estimate of drug-likeness (QED) is 0.803. The number of amides is 1. The molecule has 114 valence electrons. The molecule has 1 aromatic carbocycles. The van der Waals surface area contributed by atoms with Crippen LogP contribution in [0.4, 0.5) is 0 Å². The molecule has 5 heteroatoms. The first-order chi connectivity index (χ1) is 11.2. The first-order valence-corrected chi connectivity index (χ1v) is 7.56. The lowest BCUT2D eigenvalue weighted by Crippen LogP contribution is -2.32. The lowest BCUT2D eigenvalue weighted by atomic mass is 10.1. The van der Waals surface area contributed by atoms with E-state index in [2.05, 4.69) is 10.3 Å². The van der Waals surface area contributed by atoms with E-state index in [9.17, 15) is 9.59 Å². The zero-order chi connectivity index (χ0) is 15.8. The van der Waals surface area contributed by atoms with E-state index in [4.69, 9.17) is 0 Å². The zero-order valence-electron chi connectivity index (χ0n) is 12.5. The predicted molar refractivity (Wildman–Crippen MR) is 87.3 cm³/mol. The van der Waals surface area contributed by atoms with Crippen LogP contribution in [0.3, 0.4) is 0 Å². The second-order valence-electron chi connectivity index (χ2n) is 5.66. The van der Waals surface area contributed by atoms with Crippen molar-refractivity contribution in [1.29, 1.82) is 0 Å². The summed E-state index contributed by atoms with van der Waals surface area (Å²) < 4.78 is 1.71. The van der Waals surface area contributed by atoms with E-state index in [0.29, 0.717) is 13.1 Å². The van der Waals surface area contributed by atoms with E-state index < -0.39 is 0 Å². The van der Waals surface area contributed by atoms with E-state index >= 15 is 0 Å². The number of para-hydroxylation sites is 1. The molecule has 3 heterocycles. The van der Waals surface area contributed by atoms with E-state index in [0.717, 1.165) is 22.9 Å². The summed E-state index contributed by atoms with van der Waals surface area (Å²) in [4.78, 5) is 29.0. The number of benzene rings is 1. The Hall–Kier alpha value is -2.95. The number of aromatic nitrogens is 2. The van der Waals surface area contributed by atoms with Crippen LogP contribution >= 0.6 is 0 Å². The standard InChI is InChI=1S/C18H15N3O2/c22-17(20-11-12-3-2-7-19-10-12)15-9-14-5-1-4-13-6-8-21(16(13)14)18(15)23/h1-5,7,9-10H,6,8,11H2,(H,20,22). The molecular formula is C18H15N3O2. The maximum Gasteiger partial charge on any atom is 0.263 e.